The van der Waals surface area contributed by atoms with Gasteiger partial charge in [-0.2, -0.15) is 0 Å². The van der Waals surface area contributed by atoms with Crippen molar-refractivity contribution in [3.8, 4) is 0 Å². The SMILES string of the molecule is CNCC(CC1CCCC1)c1cccc(Cl)c1. The Morgan fingerprint density at radius 3 is 2.76 bits per heavy atom. The zero-order chi connectivity index (χ0) is 12.1. The van der Waals surface area contributed by atoms with Crippen molar-refractivity contribution < 1.29 is 0 Å². The lowest BCUT2D eigenvalue weighted by atomic mass is 9.88. The highest BCUT2D eigenvalue weighted by molar-refractivity contribution is 6.30. The standard InChI is InChI=1S/C15H22ClN/c1-17-11-14(9-12-5-2-3-6-12)13-7-4-8-15(16)10-13/h4,7-8,10,12,14,17H,2-3,5-6,9,11H2,1H3. The summed E-state index contributed by atoms with van der Waals surface area (Å²) in [5.41, 5.74) is 1.39. The number of rotatable bonds is 5. The third kappa shape index (κ3) is 3.72. The molecule has 0 spiro atoms. The van der Waals surface area contributed by atoms with Gasteiger partial charge in [-0.3, -0.25) is 0 Å². The predicted octanol–water partition coefficient (Wildman–Crippen LogP) is 4.22. The van der Waals surface area contributed by atoms with E-state index in [0.29, 0.717) is 5.92 Å². The molecule has 1 aromatic rings. The highest BCUT2D eigenvalue weighted by atomic mass is 35.5. The van der Waals surface area contributed by atoms with E-state index in [1.54, 1.807) is 0 Å². The predicted molar refractivity (Wildman–Crippen MR) is 74.7 cm³/mol. The molecule has 1 nitrogen and oxygen atoms in total. The molecule has 1 unspecified atom stereocenters. The van der Waals surface area contributed by atoms with Gasteiger partial charge < -0.3 is 5.32 Å². The zero-order valence-corrected chi connectivity index (χ0v) is 11.3. The molecule has 0 bridgehead atoms. The lowest BCUT2D eigenvalue weighted by Gasteiger charge is -2.21. The molecule has 0 amide bonds. The van der Waals surface area contributed by atoms with Gasteiger partial charge in [0.25, 0.3) is 0 Å². The van der Waals surface area contributed by atoms with Crippen LogP contribution in [0.25, 0.3) is 0 Å². The Kier molecular flexibility index (Phi) is 4.87. The van der Waals surface area contributed by atoms with Gasteiger partial charge in [-0.1, -0.05) is 49.4 Å². The fourth-order valence-corrected chi connectivity index (χ4v) is 3.19. The van der Waals surface area contributed by atoms with E-state index >= 15 is 0 Å². The molecule has 94 valence electrons. The first kappa shape index (κ1) is 12.9. The molecule has 2 rings (SSSR count). The minimum atomic E-state index is 0.613. The van der Waals surface area contributed by atoms with E-state index < -0.39 is 0 Å². The normalized spacial score (nSPS) is 18.5. The molecule has 0 heterocycles. The van der Waals surface area contributed by atoms with Crippen molar-refractivity contribution in [1.29, 1.82) is 0 Å². The quantitative estimate of drug-likeness (QED) is 0.826. The van der Waals surface area contributed by atoms with E-state index in [1.807, 2.05) is 13.1 Å². The first-order valence-electron chi connectivity index (χ1n) is 6.69. The maximum Gasteiger partial charge on any atom is 0.0408 e. The van der Waals surface area contributed by atoms with E-state index in [1.165, 1.54) is 37.7 Å². The summed E-state index contributed by atoms with van der Waals surface area (Å²) in [5, 5.41) is 4.17. The van der Waals surface area contributed by atoms with Crippen LogP contribution in [0.3, 0.4) is 0 Å². The molecule has 1 N–H and O–H groups in total. The van der Waals surface area contributed by atoms with Crippen molar-refractivity contribution in [2.45, 2.75) is 38.0 Å². The second kappa shape index (κ2) is 6.42. The Bertz CT molecular complexity index is 345. The molecule has 2 heteroatoms. The van der Waals surface area contributed by atoms with Crippen LogP contribution in [0, 0.1) is 5.92 Å². The summed E-state index contributed by atoms with van der Waals surface area (Å²) in [4.78, 5) is 0. The molecule has 1 atom stereocenters. The molecule has 1 aliphatic carbocycles. The maximum atomic E-state index is 6.09. The van der Waals surface area contributed by atoms with Crippen LogP contribution in [0.5, 0.6) is 0 Å². The van der Waals surface area contributed by atoms with Crippen LogP contribution < -0.4 is 5.32 Å². The van der Waals surface area contributed by atoms with Crippen LogP contribution in [0.2, 0.25) is 5.02 Å². The largest absolute Gasteiger partial charge is 0.319 e. The zero-order valence-electron chi connectivity index (χ0n) is 10.6. The summed E-state index contributed by atoms with van der Waals surface area (Å²) < 4.78 is 0. The number of nitrogens with one attached hydrogen (secondary N) is 1. The van der Waals surface area contributed by atoms with Crippen molar-refractivity contribution in [2.24, 2.45) is 5.92 Å². The maximum absolute atomic E-state index is 6.09. The Balaban J connectivity index is 2.04. The van der Waals surface area contributed by atoms with E-state index in [2.05, 4.69) is 23.5 Å². The second-order valence-electron chi connectivity index (χ2n) is 5.20. The lowest BCUT2D eigenvalue weighted by Crippen LogP contribution is -2.19. The number of hydrogen-bond donors (Lipinski definition) is 1. The number of hydrogen-bond acceptors (Lipinski definition) is 1. The average Bonchev–Trinajstić information content (AvgIpc) is 2.81. The highest BCUT2D eigenvalue weighted by Gasteiger charge is 2.21. The van der Waals surface area contributed by atoms with Gasteiger partial charge in [-0.15, -0.1) is 0 Å². The van der Waals surface area contributed by atoms with Crippen molar-refractivity contribution in [3.63, 3.8) is 0 Å². The Hall–Kier alpha value is -0.530. The van der Waals surface area contributed by atoms with Gasteiger partial charge >= 0.3 is 0 Å². The van der Waals surface area contributed by atoms with Gasteiger partial charge in [0.2, 0.25) is 0 Å². The number of likely N-dealkylation sites (N-methyl/N-ethyl adjacent to an activating group) is 1. The Morgan fingerprint density at radius 1 is 1.35 bits per heavy atom. The number of benzene rings is 1. The minimum absolute atomic E-state index is 0.613. The monoisotopic (exact) mass is 251 g/mol. The summed E-state index contributed by atoms with van der Waals surface area (Å²) >= 11 is 6.09. The van der Waals surface area contributed by atoms with Crippen molar-refractivity contribution in [1.82, 2.24) is 5.32 Å². The molecule has 0 saturated heterocycles. The van der Waals surface area contributed by atoms with Gasteiger partial charge in [-0.05, 0) is 43.0 Å². The van der Waals surface area contributed by atoms with Gasteiger partial charge in [0.15, 0.2) is 0 Å². The van der Waals surface area contributed by atoms with Crippen LogP contribution >= 0.6 is 11.6 Å². The second-order valence-corrected chi connectivity index (χ2v) is 5.63. The smallest absolute Gasteiger partial charge is 0.0408 e. The molecule has 17 heavy (non-hydrogen) atoms. The molecule has 0 aliphatic heterocycles. The van der Waals surface area contributed by atoms with Crippen molar-refractivity contribution >= 4 is 11.6 Å². The van der Waals surface area contributed by atoms with Crippen LogP contribution in [0.15, 0.2) is 24.3 Å². The van der Waals surface area contributed by atoms with Crippen LogP contribution in [-0.4, -0.2) is 13.6 Å². The van der Waals surface area contributed by atoms with Gasteiger partial charge in [0, 0.05) is 11.6 Å². The number of halogens is 1. The first-order chi connectivity index (χ1) is 8.29. The van der Waals surface area contributed by atoms with Gasteiger partial charge in [0.05, 0.1) is 0 Å². The van der Waals surface area contributed by atoms with Crippen molar-refractivity contribution in [2.75, 3.05) is 13.6 Å². The molecule has 0 aromatic heterocycles. The van der Waals surface area contributed by atoms with Gasteiger partial charge in [-0.25, -0.2) is 0 Å². The highest BCUT2D eigenvalue weighted by Crippen LogP contribution is 2.34. The lowest BCUT2D eigenvalue weighted by molar-refractivity contribution is 0.435. The third-order valence-electron chi connectivity index (χ3n) is 3.86. The molecule has 1 fully saturated rings. The summed E-state index contributed by atoms with van der Waals surface area (Å²) in [7, 11) is 2.03. The summed E-state index contributed by atoms with van der Waals surface area (Å²) in [6.07, 6.45) is 6.99. The van der Waals surface area contributed by atoms with E-state index in [4.69, 9.17) is 11.6 Å². The minimum Gasteiger partial charge on any atom is -0.319 e. The molecule has 1 saturated carbocycles. The summed E-state index contributed by atoms with van der Waals surface area (Å²) in [6, 6.07) is 8.35. The van der Waals surface area contributed by atoms with Crippen molar-refractivity contribution in [3.05, 3.63) is 34.9 Å². The summed E-state index contributed by atoms with van der Waals surface area (Å²) in [5.74, 6) is 1.54. The molecule has 1 aliphatic rings. The first-order valence-corrected chi connectivity index (χ1v) is 7.07. The fourth-order valence-electron chi connectivity index (χ4n) is 2.99. The average molecular weight is 252 g/mol. The molecule has 0 radical (unpaired) electrons. The van der Waals surface area contributed by atoms with Gasteiger partial charge in [0.1, 0.15) is 0 Å². The van der Waals surface area contributed by atoms with E-state index in [0.717, 1.165) is 17.5 Å². The topological polar surface area (TPSA) is 12.0 Å². The fraction of sp³-hybridized carbons (Fsp3) is 0.600. The molecule has 1 aromatic carbocycles. The van der Waals surface area contributed by atoms with Crippen LogP contribution in [0.1, 0.15) is 43.6 Å². The molecular weight excluding hydrogens is 230 g/mol. The van der Waals surface area contributed by atoms with Crippen LogP contribution in [-0.2, 0) is 0 Å². The van der Waals surface area contributed by atoms with E-state index in [9.17, 15) is 0 Å². The third-order valence-corrected chi connectivity index (χ3v) is 4.10. The van der Waals surface area contributed by atoms with Crippen LogP contribution in [0.4, 0.5) is 0 Å². The Labute approximate surface area is 110 Å². The summed E-state index contributed by atoms with van der Waals surface area (Å²) in [6.45, 7) is 1.05. The Morgan fingerprint density at radius 2 is 2.12 bits per heavy atom. The van der Waals surface area contributed by atoms with E-state index in [-0.39, 0.29) is 0 Å². The molecular formula is C15H22ClN.